The third-order valence-electron chi connectivity index (χ3n) is 2.32. The lowest BCUT2D eigenvalue weighted by molar-refractivity contribution is -0.146. The second-order valence-electron chi connectivity index (χ2n) is 3.93. The van der Waals surface area contributed by atoms with Crippen molar-refractivity contribution in [3.63, 3.8) is 0 Å². The Bertz CT molecular complexity index is 511. The van der Waals surface area contributed by atoms with Crippen LogP contribution in [0.15, 0.2) is 22.7 Å². The third kappa shape index (κ3) is 4.99. The molecule has 1 unspecified atom stereocenters. The van der Waals surface area contributed by atoms with Crippen molar-refractivity contribution in [2.45, 2.75) is 19.1 Å². The molecule has 1 amide bonds. The molecule has 0 aliphatic carbocycles. The number of nitrogens with one attached hydrogen (secondary N) is 1. The minimum Gasteiger partial charge on any atom is -0.480 e. The van der Waals surface area contributed by atoms with E-state index in [0.29, 0.717) is 15.2 Å². The van der Waals surface area contributed by atoms with Gasteiger partial charge in [-0.25, -0.2) is 4.79 Å². The number of carboxylic acids is 1. The van der Waals surface area contributed by atoms with Gasteiger partial charge in [0.25, 0.3) is 5.91 Å². The topological polar surface area (TPSA) is 95.9 Å². The normalized spacial score (nSPS) is 13.4. The Morgan fingerprint density at radius 1 is 1.50 bits per heavy atom. The van der Waals surface area contributed by atoms with Crippen LogP contribution >= 0.6 is 27.5 Å². The maximum Gasteiger partial charge on any atom is 0.334 e. The predicted octanol–water partition coefficient (Wildman–Crippen LogP) is 1.43. The minimum atomic E-state index is -1.64. The van der Waals surface area contributed by atoms with Crippen LogP contribution in [0.5, 0.6) is 5.75 Å². The molecule has 0 aliphatic heterocycles. The molecule has 1 aromatic carbocycles. The fourth-order valence-electron chi connectivity index (χ4n) is 1.24. The van der Waals surface area contributed by atoms with Gasteiger partial charge in [0.05, 0.1) is 11.0 Å². The van der Waals surface area contributed by atoms with E-state index in [9.17, 15) is 9.59 Å². The number of aliphatic hydroxyl groups is 1. The smallest absolute Gasteiger partial charge is 0.334 e. The Labute approximate surface area is 128 Å². The molecule has 0 spiro atoms. The van der Waals surface area contributed by atoms with Crippen molar-refractivity contribution in [2.24, 2.45) is 0 Å². The van der Waals surface area contributed by atoms with Crippen LogP contribution in [-0.2, 0) is 9.59 Å². The molecule has 1 aromatic rings. The third-order valence-corrected chi connectivity index (χ3v) is 3.18. The maximum atomic E-state index is 11.7. The number of hydrogen-bond acceptors (Lipinski definition) is 4. The molecule has 0 radical (unpaired) electrons. The number of carboxylic acid groups (broad SMARTS) is 1. The van der Waals surface area contributed by atoms with E-state index < -0.39 is 24.1 Å². The summed E-state index contributed by atoms with van der Waals surface area (Å²) in [5.74, 6) is -1.51. The number of carbonyl (C=O) groups excluding carboxylic acids is 1. The molecular weight excluding hydrogens is 353 g/mol. The van der Waals surface area contributed by atoms with E-state index in [4.69, 9.17) is 26.6 Å². The zero-order valence-electron chi connectivity index (χ0n) is 10.5. The number of hydrogen-bond donors (Lipinski definition) is 3. The lowest BCUT2D eigenvalue weighted by Crippen LogP contribution is -2.42. The van der Waals surface area contributed by atoms with Gasteiger partial charge in [-0.05, 0) is 41.1 Å². The van der Waals surface area contributed by atoms with Crippen LogP contribution in [0.4, 0.5) is 0 Å². The second kappa shape index (κ2) is 7.47. The molecule has 110 valence electrons. The van der Waals surface area contributed by atoms with Crippen molar-refractivity contribution in [3.05, 3.63) is 27.7 Å². The molecule has 0 saturated heterocycles. The predicted molar refractivity (Wildman–Crippen MR) is 75.9 cm³/mol. The summed E-state index contributed by atoms with van der Waals surface area (Å²) in [4.78, 5) is 22.1. The van der Waals surface area contributed by atoms with Crippen molar-refractivity contribution < 1.29 is 24.5 Å². The zero-order valence-corrected chi connectivity index (χ0v) is 12.8. The second-order valence-corrected chi connectivity index (χ2v) is 5.22. The molecule has 3 N–H and O–H groups in total. The summed E-state index contributed by atoms with van der Waals surface area (Å²) in [6.45, 7) is 1.12. The largest absolute Gasteiger partial charge is 0.480 e. The number of aliphatic carboxylic acids is 1. The first kappa shape index (κ1) is 16.7. The number of ether oxygens (including phenoxy) is 1. The summed E-state index contributed by atoms with van der Waals surface area (Å²) in [6, 6.07) is 4.83. The highest BCUT2D eigenvalue weighted by atomic mass is 79.9. The van der Waals surface area contributed by atoms with Gasteiger partial charge in [-0.3, -0.25) is 4.79 Å². The van der Waals surface area contributed by atoms with E-state index in [-0.39, 0.29) is 6.54 Å². The van der Waals surface area contributed by atoms with E-state index in [2.05, 4.69) is 21.2 Å². The summed E-state index contributed by atoms with van der Waals surface area (Å²) in [6.07, 6.45) is -2.50. The van der Waals surface area contributed by atoms with Crippen LogP contribution in [0.25, 0.3) is 0 Å². The van der Waals surface area contributed by atoms with Crippen molar-refractivity contribution in [2.75, 3.05) is 6.54 Å². The summed E-state index contributed by atoms with van der Waals surface area (Å²) in [5.41, 5.74) is 0. The summed E-state index contributed by atoms with van der Waals surface area (Å²) in [5, 5.41) is 20.3. The van der Waals surface area contributed by atoms with Crippen LogP contribution in [0, 0.1) is 0 Å². The highest BCUT2D eigenvalue weighted by Gasteiger charge is 2.19. The van der Waals surface area contributed by atoms with Gasteiger partial charge < -0.3 is 20.3 Å². The van der Waals surface area contributed by atoms with Crippen LogP contribution in [0.2, 0.25) is 5.02 Å². The average Bonchev–Trinajstić information content (AvgIpc) is 2.38. The fourth-order valence-corrected chi connectivity index (χ4v) is 2.02. The molecule has 0 bridgehead atoms. The Morgan fingerprint density at radius 3 is 2.70 bits per heavy atom. The van der Waals surface area contributed by atoms with Gasteiger partial charge >= 0.3 is 5.97 Å². The molecular formula is C12H13BrClNO5. The standard InChI is InChI=1S/C12H13BrClNO5/c1-6(11(17)15-5-9(16)12(18)19)20-10-3-2-7(14)4-8(10)13/h2-4,6,9,16H,5H2,1H3,(H,15,17)(H,18,19)/t6?,9-/m0/s1. The summed E-state index contributed by atoms with van der Waals surface area (Å²) < 4.78 is 6.00. The Hall–Kier alpha value is -1.31. The van der Waals surface area contributed by atoms with Gasteiger partial charge in [-0.2, -0.15) is 0 Å². The molecule has 8 heteroatoms. The molecule has 0 fully saturated rings. The van der Waals surface area contributed by atoms with E-state index in [1.54, 1.807) is 18.2 Å². The van der Waals surface area contributed by atoms with E-state index >= 15 is 0 Å². The summed E-state index contributed by atoms with van der Waals surface area (Å²) >= 11 is 9.03. The van der Waals surface area contributed by atoms with Gasteiger partial charge in [-0.15, -0.1) is 0 Å². The van der Waals surface area contributed by atoms with Gasteiger partial charge in [0.1, 0.15) is 5.75 Å². The minimum absolute atomic E-state index is 0.385. The van der Waals surface area contributed by atoms with Crippen molar-refractivity contribution in [3.8, 4) is 5.75 Å². The van der Waals surface area contributed by atoms with Crippen LogP contribution in [0.1, 0.15) is 6.92 Å². The lowest BCUT2D eigenvalue weighted by atomic mass is 10.3. The van der Waals surface area contributed by atoms with Crippen LogP contribution < -0.4 is 10.1 Å². The van der Waals surface area contributed by atoms with Crippen molar-refractivity contribution >= 4 is 39.4 Å². The number of carbonyl (C=O) groups is 2. The quantitative estimate of drug-likeness (QED) is 0.708. The van der Waals surface area contributed by atoms with E-state index in [0.717, 1.165) is 0 Å². The maximum absolute atomic E-state index is 11.7. The molecule has 20 heavy (non-hydrogen) atoms. The lowest BCUT2D eigenvalue weighted by Gasteiger charge is -2.16. The summed E-state index contributed by atoms with van der Waals surface area (Å²) in [7, 11) is 0. The first-order valence-corrected chi connectivity index (χ1v) is 6.78. The van der Waals surface area contributed by atoms with Gasteiger partial charge in [0, 0.05) is 5.02 Å². The Balaban J connectivity index is 2.55. The van der Waals surface area contributed by atoms with Crippen LogP contribution in [0.3, 0.4) is 0 Å². The van der Waals surface area contributed by atoms with E-state index in [1.165, 1.54) is 6.92 Å². The molecule has 1 rings (SSSR count). The zero-order chi connectivity index (χ0) is 15.3. The van der Waals surface area contributed by atoms with Gasteiger partial charge in [-0.1, -0.05) is 11.6 Å². The number of benzene rings is 1. The van der Waals surface area contributed by atoms with Gasteiger partial charge in [0.2, 0.25) is 0 Å². The first-order valence-electron chi connectivity index (χ1n) is 5.61. The monoisotopic (exact) mass is 365 g/mol. The SMILES string of the molecule is CC(Oc1ccc(Cl)cc1Br)C(=O)NC[C@H](O)C(=O)O. The van der Waals surface area contributed by atoms with E-state index in [1.807, 2.05) is 0 Å². The Morgan fingerprint density at radius 2 is 2.15 bits per heavy atom. The highest BCUT2D eigenvalue weighted by Crippen LogP contribution is 2.28. The molecule has 0 aliphatic rings. The molecule has 0 saturated carbocycles. The number of aliphatic hydroxyl groups excluding tert-OH is 1. The Kier molecular flexibility index (Phi) is 6.25. The van der Waals surface area contributed by atoms with Gasteiger partial charge in [0.15, 0.2) is 12.2 Å². The van der Waals surface area contributed by atoms with Crippen molar-refractivity contribution in [1.29, 1.82) is 0 Å². The highest BCUT2D eigenvalue weighted by molar-refractivity contribution is 9.10. The number of rotatable bonds is 6. The molecule has 2 atom stereocenters. The first-order chi connectivity index (χ1) is 9.31. The molecule has 0 heterocycles. The number of amides is 1. The van der Waals surface area contributed by atoms with Crippen molar-refractivity contribution in [1.82, 2.24) is 5.32 Å². The fraction of sp³-hybridized carbons (Fsp3) is 0.333. The average molecular weight is 367 g/mol. The number of halogens is 2. The molecule has 6 nitrogen and oxygen atoms in total. The molecule has 0 aromatic heterocycles. The van der Waals surface area contributed by atoms with Crippen LogP contribution in [-0.4, -0.2) is 40.8 Å².